The molecule has 0 spiro atoms. The average molecular weight is 643 g/mol. The number of aromatic hydroxyl groups is 1. The molecule has 2 aromatic rings. The van der Waals surface area contributed by atoms with Gasteiger partial charge in [0.1, 0.15) is 0 Å². The number of allylic oxidation sites excluding steroid dienone is 2. The lowest BCUT2D eigenvalue weighted by Crippen LogP contribution is -2.36. The van der Waals surface area contributed by atoms with Crippen molar-refractivity contribution in [2.24, 2.45) is 0 Å². The zero-order chi connectivity index (χ0) is 31.7. The van der Waals surface area contributed by atoms with Gasteiger partial charge in [0.25, 0.3) is 0 Å². The number of ketones is 2. The Hall–Kier alpha value is -3.90. The Bertz CT molecular complexity index is 1360. The number of methoxy groups -OCH3 is 2. The van der Waals surface area contributed by atoms with Crippen LogP contribution in [-0.2, 0) is 14.4 Å². The summed E-state index contributed by atoms with van der Waals surface area (Å²) >= 11 is 0. The molecule has 1 saturated heterocycles. The summed E-state index contributed by atoms with van der Waals surface area (Å²) in [5.74, 6) is 1.14. The molecule has 0 bridgehead atoms. The van der Waals surface area contributed by atoms with Gasteiger partial charge < -0.3 is 30.0 Å². The first kappa shape index (κ1) is 34.6. The molecule has 1 fully saturated rings. The van der Waals surface area contributed by atoms with E-state index >= 15 is 0 Å². The molecule has 1 heterocycles. The van der Waals surface area contributed by atoms with Crippen LogP contribution in [0.2, 0.25) is 0 Å². The van der Waals surface area contributed by atoms with Crippen molar-refractivity contribution in [1.82, 2.24) is 10.6 Å². The van der Waals surface area contributed by atoms with Crippen LogP contribution in [0.3, 0.4) is 0 Å². The van der Waals surface area contributed by atoms with E-state index in [1.165, 1.54) is 62.8 Å². The maximum atomic E-state index is 12.3. The summed E-state index contributed by atoms with van der Waals surface area (Å²) in [7, 11) is 6.73. The molecule has 12 heteroatoms. The van der Waals surface area contributed by atoms with Crippen molar-refractivity contribution in [2.45, 2.75) is 43.8 Å². The van der Waals surface area contributed by atoms with Gasteiger partial charge in [0.15, 0.2) is 34.6 Å². The second-order valence-corrected chi connectivity index (χ2v) is 12.6. The highest BCUT2D eigenvalue weighted by Crippen LogP contribution is 2.39. The molecular formula is C32H38N2O8S2. The standard InChI is InChI=1S/C32H38N2O8S2/c1-40-29-19-22(9-13-27(29)37)7-11-24(35)21-25(36)12-8-23-10-14-28(30(20-23)41-2)42-32(39)34-17-16-33-31(38)6-4-3-5-26-15-18-43-44-26/h7-14,19-20,26,37H,3-6,15-18,21H2,1-2H3,(H,33,38)(H,34,39)/b11-7+,12-8+/t26-/m1/s1. The Morgan fingerprint density at radius 3 is 2.20 bits per heavy atom. The molecule has 1 aliphatic rings. The van der Waals surface area contributed by atoms with Crippen LogP contribution in [0.4, 0.5) is 4.79 Å². The van der Waals surface area contributed by atoms with E-state index in [0.717, 1.165) is 24.5 Å². The highest BCUT2D eigenvalue weighted by molar-refractivity contribution is 8.77. The average Bonchev–Trinajstić information content (AvgIpc) is 3.54. The van der Waals surface area contributed by atoms with Crippen LogP contribution in [0.25, 0.3) is 12.2 Å². The zero-order valence-electron chi connectivity index (χ0n) is 24.8. The summed E-state index contributed by atoms with van der Waals surface area (Å²) < 4.78 is 15.7. The molecule has 0 unspecified atom stereocenters. The maximum Gasteiger partial charge on any atom is 0.412 e. The number of amides is 2. The Kier molecular flexibility index (Phi) is 14.7. The Morgan fingerprint density at radius 2 is 1.55 bits per heavy atom. The number of nitrogens with one attached hydrogen (secondary N) is 2. The van der Waals surface area contributed by atoms with Crippen LogP contribution in [0.15, 0.2) is 48.6 Å². The van der Waals surface area contributed by atoms with E-state index in [-0.39, 0.29) is 47.7 Å². The molecule has 0 saturated carbocycles. The first-order valence-corrected chi connectivity index (χ1v) is 16.6. The van der Waals surface area contributed by atoms with Gasteiger partial charge in [-0.15, -0.1) is 0 Å². The molecule has 3 rings (SSSR count). The van der Waals surface area contributed by atoms with Crippen molar-refractivity contribution in [3.8, 4) is 23.0 Å². The van der Waals surface area contributed by atoms with E-state index in [0.29, 0.717) is 24.1 Å². The molecule has 10 nitrogen and oxygen atoms in total. The van der Waals surface area contributed by atoms with Gasteiger partial charge in [-0.1, -0.05) is 52.3 Å². The van der Waals surface area contributed by atoms with Crippen LogP contribution in [0, 0.1) is 0 Å². The number of carbonyl (C=O) groups is 4. The van der Waals surface area contributed by atoms with Crippen LogP contribution in [0.5, 0.6) is 23.0 Å². The molecule has 3 N–H and O–H groups in total. The van der Waals surface area contributed by atoms with Gasteiger partial charge >= 0.3 is 6.09 Å². The van der Waals surface area contributed by atoms with Crippen molar-refractivity contribution in [2.75, 3.05) is 33.1 Å². The molecule has 0 radical (unpaired) electrons. The van der Waals surface area contributed by atoms with Crippen LogP contribution in [0.1, 0.15) is 49.7 Å². The number of benzene rings is 2. The van der Waals surface area contributed by atoms with Crippen molar-refractivity contribution >= 4 is 57.3 Å². The smallest absolute Gasteiger partial charge is 0.412 e. The van der Waals surface area contributed by atoms with E-state index in [1.807, 2.05) is 21.6 Å². The summed E-state index contributed by atoms with van der Waals surface area (Å²) in [4.78, 5) is 48.8. The van der Waals surface area contributed by atoms with E-state index < -0.39 is 11.9 Å². The molecule has 0 aromatic heterocycles. The fourth-order valence-corrected chi connectivity index (χ4v) is 7.18. The predicted octanol–water partition coefficient (Wildman–Crippen LogP) is 5.58. The van der Waals surface area contributed by atoms with Gasteiger partial charge in [-0.25, -0.2) is 4.79 Å². The lowest BCUT2D eigenvalue weighted by Gasteiger charge is -2.11. The number of hydrogen-bond acceptors (Lipinski definition) is 10. The van der Waals surface area contributed by atoms with Crippen LogP contribution >= 0.6 is 21.6 Å². The monoisotopic (exact) mass is 642 g/mol. The second kappa shape index (κ2) is 18.7. The third-order valence-corrected chi connectivity index (χ3v) is 9.50. The summed E-state index contributed by atoms with van der Waals surface area (Å²) in [5, 5.41) is 15.8. The van der Waals surface area contributed by atoms with E-state index in [9.17, 15) is 24.3 Å². The third-order valence-electron chi connectivity index (χ3n) is 6.49. The van der Waals surface area contributed by atoms with Gasteiger partial charge in [0.05, 0.1) is 20.6 Å². The molecule has 44 heavy (non-hydrogen) atoms. The first-order chi connectivity index (χ1) is 21.3. The molecule has 0 aliphatic carbocycles. The van der Waals surface area contributed by atoms with Gasteiger partial charge in [-0.3, -0.25) is 14.4 Å². The fraction of sp³-hybridized carbons (Fsp3) is 0.375. The van der Waals surface area contributed by atoms with Crippen molar-refractivity contribution in [3.63, 3.8) is 0 Å². The Morgan fingerprint density at radius 1 is 0.886 bits per heavy atom. The number of carbonyl (C=O) groups excluding carboxylic acids is 4. The number of ether oxygens (including phenoxy) is 3. The number of rotatable bonds is 17. The highest BCUT2D eigenvalue weighted by atomic mass is 33.1. The lowest BCUT2D eigenvalue weighted by molar-refractivity contribution is -0.122. The molecular weight excluding hydrogens is 604 g/mol. The maximum absolute atomic E-state index is 12.3. The summed E-state index contributed by atoms with van der Waals surface area (Å²) in [6.45, 7) is 0.505. The summed E-state index contributed by atoms with van der Waals surface area (Å²) in [6.07, 6.45) is 9.42. The van der Waals surface area contributed by atoms with E-state index in [4.69, 9.17) is 14.2 Å². The number of unbranched alkanes of at least 4 members (excludes halogenated alkanes) is 1. The van der Waals surface area contributed by atoms with Crippen LogP contribution in [-0.4, -0.2) is 67.0 Å². The predicted molar refractivity (Wildman–Crippen MR) is 174 cm³/mol. The van der Waals surface area contributed by atoms with E-state index in [2.05, 4.69) is 10.6 Å². The Labute approximate surface area is 265 Å². The van der Waals surface area contributed by atoms with Gasteiger partial charge in [0, 0.05) is 30.5 Å². The topological polar surface area (TPSA) is 140 Å². The zero-order valence-corrected chi connectivity index (χ0v) is 26.5. The van der Waals surface area contributed by atoms with Crippen molar-refractivity contribution < 1.29 is 38.5 Å². The van der Waals surface area contributed by atoms with E-state index in [1.54, 1.807) is 24.3 Å². The van der Waals surface area contributed by atoms with Gasteiger partial charge in [-0.05, 0) is 66.8 Å². The van der Waals surface area contributed by atoms with Gasteiger partial charge in [0.2, 0.25) is 5.91 Å². The largest absolute Gasteiger partial charge is 0.504 e. The number of hydrogen-bond donors (Lipinski definition) is 3. The van der Waals surface area contributed by atoms with Gasteiger partial charge in [-0.2, -0.15) is 0 Å². The molecule has 2 aromatic carbocycles. The molecule has 1 atom stereocenters. The first-order valence-electron chi connectivity index (χ1n) is 14.2. The fourth-order valence-electron chi connectivity index (χ4n) is 4.15. The van der Waals surface area contributed by atoms with Crippen LogP contribution < -0.4 is 24.8 Å². The highest BCUT2D eigenvalue weighted by Gasteiger charge is 2.16. The lowest BCUT2D eigenvalue weighted by atomic mass is 10.1. The third kappa shape index (κ3) is 12.4. The number of phenolic OH excluding ortho intramolecular Hbond substituents is 1. The summed E-state index contributed by atoms with van der Waals surface area (Å²) in [6, 6.07) is 9.41. The SMILES string of the molecule is COc1cc(/C=C/C(=O)CC(=O)/C=C/c2ccc(OC(=O)NCCNC(=O)CCCC[C@@H]3CCSS3)c(OC)c2)ccc1O. The minimum atomic E-state index is -0.694. The Balaban J connectivity index is 1.37. The molecule has 1 aliphatic heterocycles. The normalized spacial score (nSPS) is 14.5. The summed E-state index contributed by atoms with van der Waals surface area (Å²) in [5.41, 5.74) is 1.24. The number of phenols is 1. The van der Waals surface area contributed by atoms with Crippen molar-refractivity contribution in [3.05, 3.63) is 59.7 Å². The quantitative estimate of drug-likeness (QED) is 0.0867. The second-order valence-electron chi connectivity index (χ2n) is 9.86. The molecule has 2 amide bonds. The van der Waals surface area contributed by atoms with Crippen molar-refractivity contribution in [1.29, 1.82) is 0 Å². The molecule has 236 valence electrons. The minimum Gasteiger partial charge on any atom is -0.504 e. The minimum absolute atomic E-state index is 0.0122.